The maximum atomic E-state index is 13.4. The minimum Gasteiger partial charge on any atom is -0.480 e. The zero-order chi connectivity index (χ0) is 24.5. The van der Waals surface area contributed by atoms with Crippen molar-refractivity contribution in [1.82, 2.24) is 9.88 Å². The number of pyridine rings is 1. The fraction of sp³-hybridized carbons (Fsp3) is 0.200. The zero-order valence-corrected chi connectivity index (χ0v) is 18.6. The molecule has 9 nitrogen and oxygen atoms in total. The number of rotatable bonds is 10. The quantitative estimate of drug-likeness (QED) is 0.205. The Bertz CT molecular complexity index is 1220. The summed E-state index contributed by atoms with van der Waals surface area (Å²) in [5, 5.41) is 12.0. The Morgan fingerprint density at radius 1 is 0.971 bits per heavy atom. The number of carboxylic acids is 1. The van der Waals surface area contributed by atoms with Crippen molar-refractivity contribution in [2.75, 3.05) is 6.54 Å². The van der Waals surface area contributed by atoms with Crippen molar-refractivity contribution in [3.8, 4) is 11.3 Å². The van der Waals surface area contributed by atoms with Crippen LogP contribution in [0.1, 0.15) is 28.8 Å². The molecule has 1 heterocycles. The number of benzene rings is 2. The molecule has 1 aromatic heterocycles. The Labute approximate surface area is 196 Å². The van der Waals surface area contributed by atoms with E-state index < -0.39 is 23.5 Å². The van der Waals surface area contributed by atoms with Gasteiger partial charge in [0, 0.05) is 6.54 Å². The average molecular weight is 462 g/mol. The topological polar surface area (TPSA) is 153 Å². The van der Waals surface area contributed by atoms with Gasteiger partial charge in [0.05, 0.1) is 12.2 Å². The molecular weight excluding hydrogens is 434 g/mol. The summed E-state index contributed by atoms with van der Waals surface area (Å²) in [6, 6.07) is 20.7. The largest absolute Gasteiger partial charge is 0.480 e. The Morgan fingerprint density at radius 2 is 1.62 bits per heavy atom. The van der Waals surface area contributed by atoms with Gasteiger partial charge in [0.25, 0.3) is 11.5 Å². The van der Waals surface area contributed by atoms with Gasteiger partial charge < -0.3 is 26.5 Å². The number of hydrogen-bond acceptors (Lipinski definition) is 4. The molecule has 0 aliphatic heterocycles. The summed E-state index contributed by atoms with van der Waals surface area (Å²) in [5.41, 5.74) is 12.3. The summed E-state index contributed by atoms with van der Waals surface area (Å²) in [6.07, 6.45) is 0.457. The summed E-state index contributed by atoms with van der Waals surface area (Å²) in [7, 11) is 0. The maximum absolute atomic E-state index is 13.4. The van der Waals surface area contributed by atoms with Gasteiger partial charge in [-0.1, -0.05) is 60.7 Å². The molecule has 176 valence electrons. The highest BCUT2D eigenvalue weighted by Crippen LogP contribution is 2.19. The highest BCUT2D eigenvalue weighted by Gasteiger charge is 2.23. The number of nitrogens with zero attached hydrogens (tertiary/aromatic N) is 2. The second kappa shape index (κ2) is 11.5. The number of nitrogens with one attached hydrogen (secondary N) is 1. The van der Waals surface area contributed by atoms with Crippen molar-refractivity contribution in [3.63, 3.8) is 0 Å². The van der Waals surface area contributed by atoms with E-state index in [1.54, 1.807) is 6.07 Å². The molecule has 3 rings (SSSR count). The van der Waals surface area contributed by atoms with Crippen LogP contribution in [0.4, 0.5) is 0 Å². The van der Waals surface area contributed by atoms with Crippen LogP contribution in [-0.4, -0.2) is 40.1 Å². The van der Waals surface area contributed by atoms with Crippen LogP contribution in [0.25, 0.3) is 11.3 Å². The number of aromatic nitrogens is 1. The van der Waals surface area contributed by atoms with E-state index in [1.807, 2.05) is 60.7 Å². The number of carbonyl (C=O) groups excluding carboxylic acids is 1. The standard InChI is InChI=1S/C25H27N5O4/c26-25(27)28-15-7-12-20(24(33)34)29-22(31)19-13-14-21(18-10-5-2-6-11-18)30(23(19)32)16-17-8-3-1-4-9-17/h1-6,8-11,13-14,20H,7,12,15-16H2,(H,29,31)(H,33,34)(H4,26,27,28)/t20-/m0/s1. The molecule has 1 atom stereocenters. The monoisotopic (exact) mass is 461 g/mol. The number of aliphatic imine (C=N–C) groups is 1. The van der Waals surface area contributed by atoms with Crippen molar-refractivity contribution in [2.24, 2.45) is 16.5 Å². The van der Waals surface area contributed by atoms with Crippen LogP contribution in [0.2, 0.25) is 0 Å². The molecule has 0 unspecified atom stereocenters. The third-order valence-corrected chi connectivity index (χ3v) is 5.22. The Balaban J connectivity index is 1.91. The molecule has 0 bridgehead atoms. The number of aliphatic carboxylic acids is 1. The van der Waals surface area contributed by atoms with E-state index >= 15 is 0 Å². The van der Waals surface area contributed by atoms with Crippen LogP contribution < -0.4 is 22.3 Å². The fourth-order valence-corrected chi connectivity index (χ4v) is 3.53. The van der Waals surface area contributed by atoms with E-state index in [-0.39, 0.29) is 31.0 Å². The first kappa shape index (κ1) is 24.2. The summed E-state index contributed by atoms with van der Waals surface area (Å²) >= 11 is 0. The smallest absolute Gasteiger partial charge is 0.326 e. The van der Waals surface area contributed by atoms with E-state index in [0.29, 0.717) is 12.1 Å². The lowest BCUT2D eigenvalue weighted by Crippen LogP contribution is -2.43. The minimum atomic E-state index is -1.21. The van der Waals surface area contributed by atoms with Gasteiger partial charge in [-0.15, -0.1) is 0 Å². The molecule has 2 aromatic carbocycles. The van der Waals surface area contributed by atoms with Crippen LogP contribution in [-0.2, 0) is 11.3 Å². The van der Waals surface area contributed by atoms with Gasteiger partial charge in [0.15, 0.2) is 5.96 Å². The van der Waals surface area contributed by atoms with Crippen molar-refractivity contribution in [2.45, 2.75) is 25.4 Å². The number of guanidine groups is 1. The van der Waals surface area contributed by atoms with Gasteiger partial charge in [-0.25, -0.2) is 4.79 Å². The third-order valence-electron chi connectivity index (χ3n) is 5.22. The Hall–Kier alpha value is -4.40. The van der Waals surface area contributed by atoms with Gasteiger partial charge in [-0.05, 0) is 36.1 Å². The van der Waals surface area contributed by atoms with Gasteiger partial charge in [-0.3, -0.25) is 14.6 Å². The molecule has 0 aliphatic carbocycles. The predicted octanol–water partition coefficient (Wildman–Crippen LogP) is 1.80. The second-order valence-electron chi connectivity index (χ2n) is 7.69. The van der Waals surface area contributed by atoms with Crippen LogP contribution in [0.5, 0.6) is 0 Å². The summed E-state index contributed by atoms with van der Waals surface area (Å²) in [5.74, 6) is -2.04. The third kappa shape index (κ3) is 6.32. The van der Waals surface area contributed by atoms with E-state index in [4.69, 9.17) is 11.5 Å². The minimum absolute atomic E-state index is 0.0895. The number of nitrogens with two attached hydrogens (primary N) is 2. The van der Waals surface area contributed by atoms with E-state index in [2.05, 4.69) is 10.3 Å². The summed E-state index contributed by atoms with van der Waals surface area (Å²) < 4.78 is 1.52. The molecule has 0 fully saturated rings. The second-order valence-corrected chi connectivity index (χ2v) is 7.69. The van der Waals surface area contributed by atoms with Crippen LogP contribution in [0.3, 0.4) is 0 Å². The van der Waals surface area contributed by atoms with Crippen LogP contribution in [0.15, 0.2) is 82.6 Å². The molecule has 3 aromatic rings. The number of carbonyl (C=O) groups is 2. The van der Waals surface area contributed by atoms with Crippen molar-refractivity contribution in [1.29, 1.82) is 0 Å². The molecule has 1 amide bonds. The zero-order valence-electron chi connectivity index (χ0n) is 18.6. The maximum Gasteiger partial charge on any atom is 0.326 e. The average Bonchev–Trinajstić information content (AvgIpc) is 2.83. The SMILES string of the molecule is NC(N)=NCCC[C@H](NC(=O)c1ccc(-c2ccccc2)n(Cc2ccccc2)c1=O)C(=O)O. The van der Waals surface area contributed by atoms with E-state index in [0.717, 1.165) is 11.1 Å². The summed E-state index contributed by atoms with van der Waals surface area (Å²) in [6.45, 7) is 0.490. The molecular formula is C25H27N5O4. The highest BCUT2D eigenvalue weighted by molar-refractivity contribution is 5.96. The van der Waals surface area contributed by atoms with Gasteiger partial charge in [-0.2, -0.15) is 0 Å². The van der Waals surface area contributed by atoms with Crippen molar-refractivity contribution >= 4 is 17.8 Å². The first-order valence-corrected chi connectivity index (χ1v) is 10.8. The van der Waals surface area contributed by atoms with Crippen LogP contribution in [0, 0.1) is 0 Å². The van der Waals surface area contributed by atoms with Gasteiger partial charge >= 0.3 is 5.97 Å². The first-order valence-electron chi connectivity index (χ1n) is 10.8. The molecule has 6 N–H and O–H groups in total. The Morgan fingerprint density at radius 3 is 2.24 bits per heavy atom. The lowest BCUT2D eigenvalue weighted by molar-refractivity contribution is -0.139. The fourth-order valence-electron chi connectivity index (χ4n) is 3.53. The van der Waals surface area contributed by atoms with Crippen molar-refractivity contribution < 1.29 is 14.7 Å². The first-order chi connectivity index (χ1) is 16.4. The van der Waals surface area contributed by atoms with Gasteiger partial charge in [0.2, 0.25) is 0 Å². The molecule has 0 saturated carbocycles. The Kier molecular flexibility index (Phi) is 8.17. The van der Waals surface area contributed by atoms with E-state index in [1.165, 1.54) is 10.6 Å². The molecule has 34 heavy (non-hydrogen) atoms. The lowest BCUT2D eigenvalue weighted by Gasteiger charge is -2.17. The molecule has 9 heteroatoms. The molecule has 0 spiro atoms. The normalized spacial score (nSPS) is 11.4. The lowest BCUT2D eigenvalue weighted by atomic mass is 10.1. The van der Waals surface area contributed by atoms with E-state index in [9.17, 15) is 19.5 Å². The highest BCUT2D eigenvalue weighted by atomic mass is 16.4. The number of hydrogen-bond donors (Lipinski definition) is 4. The summed E-state index contributed by atoms with van der Waals surface area (Å²) in [4.78, 5) is 41.8. The predicted molar refractivity (Wildman–Crippen MR) is 130 cm³/mol. The number of carboxylic acid groups (broad SMARTS) is 1. The van der Waals surface area contributed by atoms with Crippen LogP contribution >= 0.6 is 0 Å². The number of amides is 1. The molecule has 0 radical (unpaired) electrons. The molecule has 0 saturated heterocycles. The molecule has 0 aliphatic rings. The van der Waals surface area contributed by atoms with Crippen molar-refractivity contribution in [3.05, 3.63) is 94.3 Å². The van der Waals surface area contributed by atoms with Gasteiger partial charge in [0.1, 0.15) is 11.6 Å².